The maximum Gasteiger partial charge on any atom is 0.225 e. The van der Waals surface area contributed by atoms with Gasteiger partial charge in [-0.2, -0.15) is 5.26 Å². The number of carbonyl (C=O) groups excluding carboxylic acids is 1. The monoisotopic (exact) mass is 287 g/mol. The Morgan fingerprint density at radius 1 is 1.52 bits per heavy atom. The van der Waals surface area contributed by atoms with Crippen molar-refractivity contribution in [2.75, 3.05) is 32.1 Å². The summed E-state index contributed by atoms with van der Waals surface area (Å²) in [5, 5.41) is 11.8. The molecule has 5 nitrogen and oxygen atoms in total. The SMILES string of the molecule is CN(CCC(=O)Nc1ccccc1C#N)CC1CCCO1. The van der Waals surface area contributed by atoms with Crippen molar-refractivity contribution in [1.82, 2.24) is 4.90 Å². The Balaban J connectivity index is 1.75. The molecule has 0 bridgehead atoms. The molecule has 112 valence electrons. The number of hydrogen-bond acceptors (Lipinski definition) is 4. The molecule has 1 aliphatic rings. The van der Waals surface area contributed by atoms with Crippen molar-refractivity contribution in [3.8, 4) is 6.07 Å². The van der Waals surface area contributed by atoms with Crippen LogP contribution >= 0.6 is 0 Å². The molecule has 21 heavy (non-hydrogen) atoms. The Labute approximate surface area is 125 Å². The number of nitrogens with one attached hydrogen (secondary N) is 1. The van der Waals surface area contributed by atoms with Crippen LogP contribution in [0.4, 0.5) is 5.69 Å². The molecule has 5 heteroatoms. The molecule has 1 amide bonds. The van der Waals surface area contributed by atoms with Crippen molar-refractivity contribution >= 4 is 11.6 Å². The molecule has 1 N–H and O–H groups in total. The fourth-order valence-corrected chi connectivity index (χ4v) is 2.42. The van der Waals surface area contributed by atoms with Crippen LogP contribution in [0.2, 0.25) is 0 Å². The van der Waals surface area contributed by atoms with Crippen LogP contribution in [0.25, 0.3) is 0 Å². The number of likely N-dealkylation sites (N-methyl/N-ethyl adjacent to an activating group) is 1. The number of carbonyl (C=O) groups is 1. The van der Waals surface area contributed by atoms with Gasteiger partial charge in [-0.05, 0) is 32.0 Å². The second-order valence-electron chi connectivity index (χ2n) is 5.35. The molecule has 1 aromatic rings. The summed E-state index contributed by atoms with van der Waals surface area (Å²) in [5.41, 5.74) is 1.06. The lowest BCUT2D eigenvalue weighted by atomic mass is 10.2. The fourth-order valence-electron chi connectivity index (χ4n) is 2.42. The van der Waals surface area contributed by atoms with Crippen LogP contribution < -0.4 is 5.32 Å². The quantitative estimate of drug-likeness (QED) is 0.869. The summed E-state index contributed by atoms with van der Waals surface area (Å²) in [7, 11) is 2.00. The number of para-hydroxylation sites is 1. The Bertz CT molecular complexity index is 518. The average Bonchev–Trinajstić information content (AvgIpc) is 2.98. The van der Waals surface area contributed by atoms with Gasteiger partial charge in [0.15, 0.2) is 0 Å². The first-order valence-electron chi connectivity index (χ1n) is 7.28. The largest absolute Gasteiger partial charge is 0.377 e. The van der Waals surface area contributed by atoms with Gasteiger partial charge in [0.1, 0.15) is 6.07 Å². The van der Waals surface area contributed by atoms with E-state index in [-0.39, 0.29) is 5.91 Å². The van der Waals surface area contributed by atoms with E-state index in [4.69, 9.17) is 10.00 Å². The van der Waals surface area contributed by atoms with Crippen LogP contribution in [0.1, 0.15) is 24.8 Å². The smallest absolute Gasteiger partial charge is 0.225 e. The summed E-state index contributed by atoms with van der Waals surface area (Å²) in [6, 6.07) is 9.10. The second kappa shape index (κ2) is 7.77. The van der Waals surface area contributed by atoms with Gasteiger partial charge in [0.25, 0.3) is 0 Å². The lowest BCUT2D eigenvalue weighted by Crippen LogP contribution is -2.31. The predicted octanol–water partition coefficient (Wildman–Crippen LogP) is 2.00. The van der Waals surface area contributed by atoms with E-state index in [1.165, 1.54) is 0 Å². The van der Waals surface area contributed by atoms with Crippen LogP contribution in [0.3, 0.4) is 0 Å². The minimum atomic E-state index is -0.0723. The van der Waals surface area contributed by atoms with Crippen LogP contribution in [0.15, 0.2) is 24.3 Å². The van der Waals surface area contributed by atoms with E-state index in [2.05, 4.69) is 16.3 Å². The molecule has 1 atom stereocenters. The molecule has 1 heterocycles. The number of hydrogen-bond donors (Lipinski definition) is 1. The molecule has 0 aromatic heterocycles. The Morgan fingerprint density at radius 3 is 3.05 bits per heavy atom. The maximum absolute atomic E-state index is 11.9. The predicted molar refractivity (Wildman–Crippen MR) is 80.9 cm³/mol. The van der Waals surface area contributed by atoms with E-state index in [0.29, 0.717) is 30.3 Å². The van der Waals surface area contributed by atoms with Gasteiger partial charge in [-0.1, -0.05) is 12.1 Å². The summed E-state index contributed by atoms with van der Waals surface area (Å²) < 4.78 is 5.58. The van der Waals surface area contributed by atoms with Crippen molar-refractivity contribution in [1.29, 1.82) is 5.26 Å². The van der Waals surface area contributed by atoms with Crippen molar-refractivity contribution in [3.05, 3.63) is 29.8 Å². The van der Waals surface area contributed by atoms with Gasteiger partial charge in [-0.3, -0.25) is 4.79 Å². The van der Waals surface area contributed by atoms with Gasteiger partial charge in [0.05, 0.1) is 17.4 Å². The fraction of sp³-hybridized carbons (Fsp3) is 0.500. The first-order valence-corrected chi connectivity index (χ1v) is 7.28. The van der Waals surface area contributed by atoms with E-state index >= 15 is 0 Å². The van der Waals surface area contributed by atoms with Crippen molar-refractivity contribution in [2.45, 2.75) is 25.4 Å². The molecule has 1 aromatic carbocycles. The number of anilines is 1. The third kappa shape index (κ3) is 4.85. The van der Waals surface area contributed by atoms with Gasteiger partial charge in [-0.25, -0.2) is 0 Å². The highest BCUT2D eigenvalue weighted by atomic mass is 16.5. The molecule has 1 saturated heterocycles. The standard InChI is InChI=1S/C16H21N3O2/c1-19(12-14-6-4-10-21-14)9-8-16(20)18-15-7-3-2-5-13(15)11-17/h2-3,5,7,14H,4,6,8-10,12H2,1H3,(H,18,20). The van der Waals surface area contributed by atoms with E-state index < -0.39 is 0 Å². The van der Waals surface area contributed by atoms with Gasteiger partial charge >= 0.3 is 0 Å². The van der Waals surface area contributed by atoms with Gasteiger partial charge in [-0.15, -0.1) is 0 Å². The van der Waals surface area contributed by atoms with Crippen LogP contribution in [0.5, 0.6) is 0 Å². The number of ether oxygens (including phenoxy) is 1. The van der Waals surface area contributed by atoms with Gasteiger partial charge in [0, 0.05) is 26.1 Å². The Kier molecular flexibility index (Phi) is 5.73. The van der Waals surface area contributed by atoms with Gasteiger partial charge < -0.3 is 15.0 Å². The van der Waals surface area contributed by atoms with Gasteiger partial charge in [0.2, 0.25) is 5.91 Å². The highest BCUT2D eigenvalue weighted by Crippen LogP contribution is 2.14. The molecule has 0 radical (unpaired) electrons. The zero-order chi connectivity index (χ0) is 15.1. The molecule has 1 unspecified atom stereocenters. The number of nitriles is 1. The van der Waals surface area contributed by atoms with E-state index in [1.807, 2.05) is 7.05 Å². The zero-order valence-electron chi connectivity index (χ0n) is 12.3. The second-order valence-corrected chi connectivity index (χ2v) is 5.35. The minimum Gasteiger partial charge on any atom is -0.377 e. The summed E-state index contributed by atoms with van der Waals surface area (Å²) in [4.78, 5) is 14.1. The first kappa shape index (κ1) is 15.5. The van der Waals surface area contributed by atoms with Crippen LogP contribution in [-0.2, 0) is 9.53 Å². The number of amides is 1. The maximum atomic E-state index is 11.9. The van der Waals surface area contributed by atoms with E-state index in [9.17, 15) is 4.79 Å². The van der Waals surface area contributed by atoms with Crippen molar-refractivity contribution in [3.63, 3.8) is 0 Å². The number of nitrogens with zero attached hydrogens (tertiary/aromatic N) is 2. The minimum absolute atomic E-state index is 0.0723. The van der Waals surface area contributed by atoms with E-state index in [0.717, 1.165) is 26.0 Å². The lowest BCUT2D eigenvalue weighted by molar-refractivity contribution is -0.116. The number of benzene rings is 1. The van der Waals surface area contributed by atoms with E-state index in [1.54, 1.807) is 24.3 Å². The lowest BCUT2D eigenvalue weighted by Gasteiger charge is -2.20. The summed E-state index contributed by atoms with van der Waals surface area (Å²) >= 11 is 0. The van der Waals surface area contributed by atoms with Crippen molar-refractivity contribution in [2.24, 2.45) is 0 Å². The third-order valence-corrected chi connectivity index (χ3v) is 3.58. The van der Waals surface area contributed by atoms with Crippen LogP contribution in [-0.4, -0.2) is 43.7 Å². The molecule has 0 spiro atoms. The topological polar surface area (TPSA) is 65.4 Å². The highest BCUT2D eigenvalue weighted by molar-refractivity contribution is 5.92. The Hall–Kier alpha value is -1.90. The zero-order valence-corrected chi connectivity index (χ0v) is 12.3. The normalized spacial score (nSPS) is 17.7. The third-order valence-electron chi connectivity index (χ3n) is 3.58. The Morgan fingerprint density at radius 2 is 2.33 bits per heavy atom. The first-order chi connectivity index (χ1) is 10.2. The highest BCUT2D eigenvalue weighted by Gasteiger charge is 2.17. The molecule has 1 fully saturated rings. The summed E-state index contributed by atoms with van der Waals surface area (Å²) in [6.45, 7) is 2.40. The molecule has 2 rings (SSSR count). The molecular formula is C16H21N3O2. The van der Waals surface area contributed by atoms with Crippen molar-refractivity contribution < 1.29 is 9.53 Å². The summed E-state index contributed by atoms with van der Waals surface area (Å²) in [6.07, 6.45) is 2.94. The van der Waals surface area contributed by atoms with Crippen LogP contribution in [0, 0.1) is 11.3 Å². The molecule has 1 aliphatic heterocycles. The molecule has 0 aliphatic carbocycles. The molecular weight excluding hydrogens is 266 g/mol. The molecule has 0 saturated carbocycles. The number of rotatable bonds is 6. The summed E-state index contributed by atoms with van der Waals surface area (Å²) in [5.74, 6) is -0.0723. The average molecular weight is 287 g/mol.